The SMILES string of the molecule is CC(=O)N1CCN(C(C(=O)F)c2ccccc2)CC1. The molecule has 1 unspecified atom stereocenters. The van der Waals surface area contributed by atoms with Crippen LogP contribution in [0.3, 0.4) is 0 Å². The maximum atomic E-state index is 13.3. The molecule has 102 valence electrons. The summed E-state index contributed by atoms with van der Waals surface area (Å²) in [6.45, 7) is 3.60. The van der Waals surface area contributed by atoms with Crippen LogP contribution in [0.2, 0.25) is 0 Å². The molecule has 0 radical (unpaired) electrons. The third kappa shape index (κ3) is 3.17. The number of halogens is 1. The van der Waals surface area contributed by atoms with Gasteiger partial charge < -0.3 is 4.90 Å². The minimum Gasteiger partial charge on any atom is -0.340 e. The van der Waals surface area contributed by atoms with Gasteiger partial charge in [0, 0.05) is 33.1 Å². The van der Waals surface area contributed by atoms with Gasteiger partial charge in [0.2, 0.25) is 5.91 Å². The van der Waals surface area contributed by atoms with E-state index in [1.807, 2.05) is 6.07 Å². The largest absolute Gasteiger partial charge is 0.340 e. The highest BCUT2D eigenvalue weighted by Gasteiger charge is 2.30. The minimum absolute atomic E-state index is 0.0162. The Kier molecular flexibility index (Phi) is 4.27. The zero-order chi connectivity index (χ0) is 13.8. The highest BCUT2D eigenvalue weighted by atomic mass is 19.1. The predicted octanol–water partition coefficient (Wildman–Crippen LogP) is 1.39. The molecule has 1 saturated heterocycles. The number of piperazine rings is 1. The standard InChI is InChI=1S/C14H17FN2O2/c1-11(18)16-7-9-17(10-8-16)13(14(15)19)12-5-3-2-4-6-12/h2-6,13H,7-10H2,1H3. The molecule has 0 N–H and O–H groups in total. The highest BCUT2D eigenvalue weighted by Crippen LogP contribution is 2.23. The summed E-state index contributed by atoms with van der Waals surface area (Å²) >= 11 is 0. The molecule has 1 amide bonds. The first-order valence-electron chi connectivity index (χ1n) is 6.33. The lowest BCUT2D eigenvalue weighted by molar-refractivity contribution is -0.137. The molecule has 0 aliphatic carbocycles. The second-order valence-electron chi connectivity index (χ2n) is 4.66. The summed E-state index contributed by atoms with van der Waals surface area (Å²) < 4.78 is 13.3. The Hall–Kier alpha value is -1.75. The molecule has 1 atom stereocenters. The topological polar surface area (TPSA) is 40.6 Å². The third-order valence-corrected chi connectivity index (χ3v) is 3.46. The molecule has 1 fully saturated rings. The number of carbonyl (C=O) groups is 2. The van der Waals surface area contributed by atoms with Gasteiger partial charge in [0.15, 0.2) is 0 Å². The summed E-state index contributed by atoms with van der Waals surface area (Å²) in [5.74, 6) is 0.0162. The number of hydrogen-bond donors (Lipinski definition) is 0. The smallest absolute Gasteiger partial charge is 0.323 e. The molecule has 1 aliphatic heterocycles. The number of amides is 1. The van der Waals surface area contributed by atoms with Crippen LogP contribution in [-0.2, 0) is 9.59 Å². The Morgan fingerprint density at radius 2 is 1.68 bits per heavy atom. The third-order valence-electron chi connectivity index (χ3n) is 3.46. The molecular weight excluding hydrogens is 247 g/mol. The minimum atomic E-state index is -1.34. The molecule has 0 saturated carbocycles. The fourth-order valence-electron chi connectivity index (χ4n) is 2.42. The van der Waals surface area contributed by atoms with E-state index in [1.165, 1.54) is 6.92 Å². The van der Waals surface area contributed by atoms with Crippen molar-refractivity contribution in [3.63, 3.8) is 0 Å². The predicted molar refractivity (Wildman–Crippen MR) is 69.1 cm³/mol. The van der Waals surface area contributed by atoms with E-state index in [1.54, 1.807) is 34.1 Å². The van der Waals surface area contributed by atoms with Gasteiger partial charge in [0.25, 0.3) is 0 Å². The second-order valence-corrected chi connectivity index (χ2v) is 4.66. The van der Waals surface area contributed by atoms with Gasteiger partial charge in [-0.1, -0.05) is 30.3 Å². The first-order valence-corrected chi connectivity index (χ1v) is 6.33. The van der Waals surface area contributed by atoms with Crippen molar-refractivity contribution in [1.82, 2.24) is 9.80 Å². The van der Waals surface area contributed by atoms with Crippen molar-refractivity contribution in [3.8, 4) is 0 Å². The van der Waals surface area contributed by atoms with Gasteiger partial charge in [0.05, 0.1) is 0 Å². The normalized spacial score (nSPS) is 18.1. The molecule has 0 aromatic heterocycles. The summed E-state index contributed by atoms with van der Waals surface area (Å²) in [6, 6.07) is 6.71. The molecule has 4 nitrogen and oxygen atoms in total. The van der Waals surface area contributed by atoms with Crippen molar-refractivity contribution in [2.24, 2.45) is 0 Å². The number of benzene rings is 1. The van der Waals surface area contributed by atoms with Crippen molar-refractivity contribution in [3.05, 3.63) is 35.9 Å². The van der Waals surface area contributed by atoms with Crippen LogP contribution in [0.15, 0.2) is 30.3 Å². The molecule has 1 heterocycles. The summed E-state index contributed by atoms with van der Waals surface area (Å²) in [4.78, 5) is 26.0. The van der Waals surface area contributed by atoms with E-state index in [0.29, 0.717) is 31.7 Å². The van der Waals surface area contributed by atoms with Crippen LogP contribution < -0.4 is 0 Å². The number of carbonyl (C=O) groups excluding carboxylic acids is 2. The van der Waals surface area contributed by atoms with Crippen molar-refractivity contribution < 1.29 is 14.0 Å². The van der Waals surface area contributed by atoms with E-state index in [2.05, 4.69) is 0 Å². The first-order chi connectivity index (χ1) is 9.09. The van der Waals surface area contributed by atoms with Gasteiger partial charge in [-0.05, 0) is 5.56 Å². The molecule has 0 bridgehead atoms. The molecule has 2 rings (SSSR count). The van der Waals surface area contributed by atoms with Gasteiger partial charge in [-0.2, -0.15) is 4.39 Å². The summed E-state index contributed by atoms with van der Waals surface area (Å²) in [5, 5.41) is 0. The second kappa shape index (κ2) is 5.93. The summed E-state index contributed by atoms with van der Waals surface area (Å²) in [7, 11) is 0. The fraction of sp³-hybridized carbons (Fsp3) is 0.429. The Balaban J connectivity index is 2.10. The Morgan fingerprint density at radius 3 is 2.16 bits per heavy atom. The zero-order valence-electron chi connectivity index (χ0n) is 10.9. The number of hydrogen-bond acceptors (Lipinski definition) is 3. The molecule has 1 aromatic carbocycles. The van der Waals surface area contributed by atoms with Crippen LogP contribution in [0.4, 0.5) is 4.39 Å². The van der Waals surface area contributed by atoms with Crippen LogP contribution in [0.5, 0.6) is 0 Å². The number of nitrogens with zero attached hydrogens (tertiary/aromatic N) is 2. The summed E-state index contributed by atoms with van der Waals surface area (Å²) in [5.41, 5.74) is 0.659. The van der Waals surface area contributed by atoms with Gasteiger partial charge in [-0.25, -0.2) is 0 Å². The van der Waals surface area contributed by atoms with Gasteiger partial charge in [-0.3, -0.25) is 14.5 Å². The first kappa shape index (κ1) is 13.7. The van der Waals surface area contributed by atoms with Crippen molar-refractivity contribution in [1.29, 1.82) is 0 Å². The van der Waals surface area contributed by atoms with Crippen molar-refractivity contribution in [2.75, 3.05) is 26.2 Å². The molecule has 19 heavy (non-hydrogen) atoms. The maximum Gasteiger partial charge on any atom is 0.323 e. The average Bonchev–Trinajstić information content (AvgIpc) is 2.40. The maximum absolute atomic E-state index is 13.3. The van der Waals surface area contributed by atoms with E-state index in [4.69, 9.17) is 0 Å². The lowest BCUT2D eigenvalue weighted by atomic mass is 10.1. The van der Waals surface area contributed by atoms with E-state index in [0.717, 1.165) is 0 Å². The Bertz CT molecular complexity index is 456. The quantitative estimate of drug-likeness (QED) is 0.775. The van der Waals surface area contributed by atoms with Crippen LogP contribution in [0, 0.1) is 0 Å². The van der Waals surface area contributed by atoms with E-state index < -0.39 is 12.1 Å². The van der Waals surface area contributed by atoms with E-state index >= 15 is 0 Å². The monoisotopic (exact) mass is 264 g/mol. The van der Waals surface area contributed by atoms with Crippen LogP contribution in [-0.4, -0.2) is 47.9 Å². The van der Waals surface area contributed by atoms with Crippen molar-refractivity contribution >= 4 is 11.9 Å². The Morgan fingerprint density at radius 1 is 1.11 bits per heavy atom. The molecule has 5 heteroatoms. The molecule has 1 aromatic rings. The lowest BCUT2D eigenvalue weighted by Crippen LogP contribution is -2.50. The number of rotatable bonds is 3. The van der Waals surface area contributed by atoms with Crippen LogP contribution >= 0.6 is 0 Å². The molecule has 0 spiro atoms. The van der Waals surface area contributed by atoms with Gasteiger partial charge >= 0.3 is 6.04 Å². The average molecular weight is 264 g/mol. The van der Waals surface area contributed by atoms with Gasteiger partial charge in [-0.15, -0.1) is 0 Å². The molecule has 1 aliphatic rings. The van der Waals surface area contributed by atoms with Crippen LogP contribution in [0.1, 0.15) is 18.5 Å². The van der Waals surface area contributed by atoms with Crippen LogP contribution in [0.25, 0.3) is 0 Å². The van der Waals surface area contributed by atoms with Crippen molar-refractivity contribution in [2.45, 2.75) is 13.0 Å². The molecular formula is C14H17FN2O2. The van der Waals surface area contributed by atoms with E-state index in [-0.39, 0.29) is 5.91 Å². The Labute approximate surface area is 111 Å². The van der Waals surface area contributed by atoms with E-state index in [9.17, 15) is 14.0 Å². The zero-order valence-corrected chi connectivity index (χ0v) is 10.9. The highest BCUT2D eigenvalue weighted by molar-refractivity contribution is 5.76. The lowest BCUT2D eigenvalue weighted by Gasteiger charge is -2.37. The summed E-state index contributed by atoms with van der Waals surface area (Å²) in [6.07, 6.45) is 0. The fourth-order valence-corrected chi connectivity index (χ4v) is 2.42. The van der Waals surface area contributed by atoms with Gasteiger partial charge in [0.1, 0.15) is 6.04 Å².